The Hall–Kier alpha value is 1.60. The zero-order chi connectivity index (χ0) is 17.1. The summed E-state index contributed by atoms with van der Waals surface area (Å²) < 4.78 is 37.8. The third-order valence-corrected chi connectivity index (χ3v) is 3.60. The molecular weight excluding hydrogens is 352 g/mol. The van der Waals surface area contributed by atoms with E-state index in [0.717, 1.165) is 26.1 Å². The minimum absolute atomic E-state index is 0. The molecule has 0 spiro atoms. The summed E-state index contributed by atoms with van der Waals surface area (Å²) in [4.78, 5) is 0. The second kappa shape index (κ2) is 26.8. The SMILES string of the molecule is CCCCCCCCCCCCOS(=O)(=O)O.CCOCC.[MgH2].[NaH]. The molecule has 0 aromatic rings. The normalized spacial score (nSPS) is 10.2. The summed E-state index contributed by atoms with van der Waals surface area (Å²) in [5, 5.41) is 0. The summed E-state index contributed by atoms with van der Waals surface area (Å²) in [5.74, 6) is 0. The van der Waals surface area contributed by atoms with Crippen LogP contribution in [0.3, 0.4) is 0 Å². The number of unbranched alkanes of at least 4 members (excludes halogenated alkanes) is 9. The van der Waals surface area contributed by atoms with Crippen LogP contribution in [0.25, 0.3) is 0 Å². The molecular formula is C16H39MgNaO5S. The molecule has 0 rings (SSSR count). The van der Waals surface area contributed by atoms with E-state index < -0.39 is 10.4 Å². The van der Waals surface area contributed by atoms with Gasteiger partial charge in [-0.15, -0.1) is 0 Å². The summed E-state index contributed by atoms with van der Waals surface area (Å²) in [6.45, 7) is 7.98. The molecule has 0 amide bonds. The molecule has 0 aromatic carbocycles. The van der Waals surface area contributed by atoms with E-state index in [2.05, 4.69) is 11.1 Å². The van der Waals surface area contributed by atoms with Crippen molar-refractivity contribution >= 4 is 63.0 Å². The molecule has 0 aliphatic carbocycles. The zero-order valence-electron chi connectivity index (χ0n) is 14.7. The summed E-state index contributed by atoms with van der Waals surface area (Å²) in [7, 11) is -4.23. The topological polar surface area (TPSA) is 72.8 Å². The molecule has 0 aromatic heterocycles. The molecule has 0 heterocycles. The Bertz CT molecular complexity index is 301. The molecule has 142 valence electrons. The second-order valence-corrected chi connectivity index (χ2v) is 6.30. The van der Waals surface area contributed by atoms with Crippen molar-refractivity contribution in [2.24, 2.45) is 0 Å². The Labute approximate surface area is 188 Å². The van der Waals surface area contributed by atoms with Gasteiger partial charge in [-0.2, -0.15) is 8.42 Å². The van der Waals surface area contributed by atoms with Gasteiger partial charge in [0.15, 0.2) is 0 Å². The van der Waals surface area contributed by atoms with Crippen molar-refractivity contribution in [3.63, 3.8) is 0 Å². The zero-order valence-corrected chi connectivity index (χ0v) is 15.5. The average molecular weight is 391 g/mol. The Balaban J connectivity index is -0.000000250. The van der Waals surface area contributed by atoms with Gasteiger partial charge in [0.1, 0.15) is 0 Å². The van der Waals surface area contributed by atoms with Crippen molar-refractivity contribution in [1.82, 2.24) is 0 Å². The van der Waals surface area contributed by atoms with Crippen molar-refractivity contribution in [3.05, 3.63) is 0 Å². The first kappa shape index (κ1) is 33.2. The molecule has 0 unspecified atom stereocenters. The van der Waals surface area contributed by atoms with Gasteiger partial charge in [-0.3, -0.25) is 4.55 Å². The van der Waals surface area contributed by atoms with Crippen LogP contribution in [0.4, 0.5) is 0 Å². The van der Waals surface area contributed by atoms with E-state index in [1.54, 1.807) is 0 Å². The predicted octanol–water partition coefficient (Wildman–Crippen LogP) is 3.20. The van der Waals surface area contributed by atoms with Gasteiger partial charge in [-0.05, 0) is 20.3 Å². The van der Waals surface area contributed by atoms with E-state index in [4.69, 9.17) is 9.29 Å². The fourth-order valence-electron chi connectivity index (χ4n) is 1.96. The molecule has 0 aliphatic heterocycles. The van der Waals surface area contributed by atoms with E-state index >= 15 is 0 Å². The van der Waals surface area contributed by atoms with Gasteiger partial charge < -0.3 is 4.74 Å². The van der Waals surface area contributed by atoms with Crippen LogP contribution < -0.4 is 0 Å². The van der Waals surface area contributed by atoms with Crippen LogP contribution in [-0.2, 0) is 19.3 Å². The predicted molar refractivity (Wildman–Crippen MR) is 107 cm³/mol. The molecule has 0 saturated heterocycles. The molecule has 0 fully saturated rings. The second-order valence-electron chi connectivity index (χ2n) is 5.21. The maximum absolute atomic E-state index is 10.2. The molecule has 24 heavy (non-hydrogen) atoms. The van der Waals surface area contributed by atoms with Gasteiger partial charge >= 0.3 is 63.0 Å². The molecule has 0 aliphatic rings. The Morgan fingerprint density at radius 1 is 0.750 bits per heavy atom. The van der Waals surface area contributed by atoms with Gasteiger partial charge in [0.25, 0.3) is 0 Å². The van der Waals surface area contributed by atoms with Crippen molar-refractivity contribution in [2.45, 2.75) is 85.0 Å². The van der Waals surface area contributed by atoms with E-state index in [-0.39, 0.29) is 59.2 Å². The van der Waals surface area contributed by atoms with E-state index in [9.17, 15) is 8.42 Å². The molecule has 0 bridgehead atoms. The first-order valence-corrected chi connectivity index (χ1v) is 10.0. The van der Waals surface area contributed by atoms with Gasteiger partial charge in [0.05, 0.1) is 6.61 Å². The first-order chi connectivity index (χ1) is 10.5. The molecule has 8 heteroatoms. The molecule has 0 radical (unpaired) electrons. The van der Waals surface area contributed by atoms with Crippen LogP contribution in [-0.4, -0.2) is 85.4 Å². The standard InChI is InChI=1S/C12H26O4S.C4H10O.Mg.Na.3H/c1-2-3-4-5-6-7-8-9-10-11-12-16-17(13,14)15;1-3-5-4-2;;;;;/h2-12H2,1H3,(H,13,14,15);3-4H2,1-2H3;;;;;. The van der Waals surface area contributed by atoms with E-state index in [0.29, 0.717) is 6.42 Å². The molecule has 1 N–H and O–H groups in total. The monoisotopic (exact) mass is 390 g/mol. The van der Waals surface area contributed by atoms with Crippen LogP contribution in [0.1, 0.15) is 85.0 Å². The average Bonchev–Trinajstić information content (AvgIpc) is 2.45. The summed E-state index contributed by atoms with van der Waals surface area (Å²) >= 11 is 0. The number of rotatable bonds is 14. The fraction of sp³-hybridized carbons (Fsp3) is 1.00. The molecule has 0 saturated carbocycles. The van der Waals surface area contributed by atoms with Crippen LogP contribution in [0.15, 0.2) is 0 Å². The van der Waals surface area contributed by atoms with Crippen molar-refractivity contribution in [1.29, 1.82) is 0 Å². The molecule has 0 atom stereocenters. The number of ether oxygens (including phenoxy) is 1. The van der Waals surface area contributed by atoms with Crippen LogP contribution in [0.2, 0.25) is 0 Å². The Morgan fingerprint density at radius 2 is 1.12 bits per heavy atom. The molecule has 5 nitrogen and oxygen atoms in total. The van der Waals surface area contributed by atoms with Crippen LogP contribution in [0, 0.1) is 0 Å². The van der Waals surface area contributed by atoms with Crippen molar-refractivity contribution < 1.29 is 21.9 Å². The maximum atomic E-state index is 10.2. The van der Waals surface area contributed by atoms with Gasteiger partial charge in [-0.25, -0.2) is 4.18 Å². The summed E-state index contributed by atoms with van der Waals surface area (Å²) in [6, 6.07) is 0. The van der Waals surface area contributed by atoms with E-state index in [1.165, 1.54) is 44.9 Å². The minimum atomic E-state index is -4.23. The summed E-state index contributed by atoms with van der Waals surface area (Å²) in [6.07, 6.45) is 11.9. The number of hydrogen-bond acceptors (Lipinski definition) is 4. The van der Waals surface area contributed by atoms with Crippen LogP contribution in [0.5, 0.6) is 0 Å². The first-order valence-electron chi connectivity index (χ1n) is 8.67. The Kier molecular flexibility index (Phi) is 37.1. The third kappa shape index (κ3) is 38.9. The quantitative estimate of drug-likeness (QED) is 0.280. The van der Waals surface area contributed by atoms with Crippen molar-refractivity contribution in [2.75, 3.05) is 19.8 Å². The van der Waals surface area contributed by atoms with E-state index in [1.807, 2.05) is 13.8 Å². The van der Waals surface area contributed by atoms with Gasteiger partial charge in [-0.1, -0.05) is 64.7 Å². The van der Waals surface area contributed by atoms with Crippen molar-refractivity contribution in [3.8, 4) is 0 Å². The third-order valence-electron chi connectivity index (χ3n) is 3.14. The summed E-state index contributed by atoms with van der Waals surface area (Å²) in [5.41, 5.74) is 0. The number of hydrogen-bond donors (Lipinski definition) is 1. The Morgan fingerprint density at radius 3 is 1.42 bits per heavy atom. The van der Waals surface area contributed by atoms with Gasteiger partial charge in [0.2, 0.25) is 0 Å². The van der Waals surface area contributed by atoms with Crippen LogP contribution >= 0.6 is 0 Å². The fourth-order valence-corrected chi connectivity index (χ4v) is 2.29. The van der Waals surface area contributed by atoms with Gasteiger partial charge in [0, 0.05) is 13.2 Å².